The fraction of sp³-hybridized carbons (Fsp3) is 1.00. The van der Waals surface area contributed by atoms with E-state index in [1.807, 2.05) is 0 Å². The third kappa shape index (κ3) is 2.81. The van der Waals surface area contributed by atoms with Gasteiger partial charge in [0.05, 0.1) is 0 Å². The zero-order valence-corrected chi connectivity index (χ0v) is 11.8. The van der Waals surface area contributed by atoms with Crippen molar-refractivity contribution in [1.82, 2.24) is 0 Å². The zero-order chi connectivity index (χ0) is 11.8. The molecule has 0 aromatic carbocycles. The van der Waals surface area contributed by atoms with Crippen molar-refractivity contribution in [2.24, 2.45) is 29.1 Å². The van der Waals surface area contributed by atoms with Crippen LogP contribution >= 0.6 is 0 Å². The van der Waals surface area contributed by atoms with Gasteiger partial charge in [-0.3, -0.25) is 0 Å². The van der Waals surface area contributed by atoms with Gasteiger partial charge in [0.15, 0.2) is 0 Å². The Kier molecular flexibility index (Phi) is 3.66. The topological polar surface area (TPSA) is 0 Å². The summed E-state index contributed by atoms with van der Waals surface area (Å²) in [4.78, 5) is 0. The van der Waals surface area contributed by atoms with Crippen LogP contribution in [0.15, 0.2) is 0 Å². The minimum atomic E-state index is 0.640. The van der Waals surface area contributed by atoms with Gasteiger partial charge in [0.1, 0.15) is 0 Å². The van der Waals surface area contributed by atoms with Crippen molar-refractivity contribution >= 4 is 0 Å². The van der Waals surface area contributed by atoms with Gasteiger partial charge in [0.25, 0.3) is 0 Å². The van der Waals surface area contributed by atoms with Gasteiger partial charge in [-0.25, -0.2) is 0 Å². The second kappa shape index (κ2) is 4.70. The molecular formula is C16H30. The molecule has 94 valence electrons. The normalized spacial score (nSPS) is 38.4. The maximum atomic E-state index is 2.48. The standard InChI is InChI=1S/C16H30/c1-12(2)10-13-6-5-7-14-11-16(3,4)9-8-15(13)14/h12-15H,5-11H2,1-4H3. The minimum absolute atomic E-state index is 0.640. The molecule has 0 heterocycles. The number of hydrogen-bond acceptors (Lipinski definition) is 0. The van der Waals surface area contributed by atoms with Crippen LogP contribution in [0.3, 0.4) is 0 Å². The molecule has 16 heavy (non-hydrogen) atoms. The predicted octanol–water partition coefficient (Wildman–Crippen LogP) is 5.28. The van der Waals surface area contributed by atoms with E-state index in [2.05, 4.69) is 27.7 Å². The Morgan fingerprint density at radius 2 is 1.88 bits per heavy atom. The fourth-order valence-electron chi connectivity index (χ4n) is 4.45. The molecule has 0 aromatic heterocycles. The first-order valence-corrected chi connectivity index (χ1v) is 7.48. The molecule has 0 bridgehead atoms. The van der Waals surface area contributed by atoms with E-state index in [4.69, 9.17) is 0 Å². The van der Waals surface area contributed by atoms with Crippen molar-refractivity contribution in [3.63, 3.8) is 0 Å². The highest BCUT2D eigenvalue weighted by Crippen LogP contribution is 2.51. The van der Waals surface area contributed by atoms with E-state index in [9.17, 15) is 0 Å². The molecule has 0 heteroatoms. The summed E-state index contributed by atoms with van der Waals surface area (Å²) in [6.45, 7) is 9.76. The van der Waals surface area contributed by atoms with Gasteiger partial charge >= 0.3 is 0 Å². The summed E-state index contributed by atoms with van der Waals surface area (Å²) in [6.07, 6.45) is 10.6. The first kappa shape index (κ1) is 12.5. The highest BCUT2D eigenvalue weighted by molar-refractivity contribution is 4.91. The monoisotopic (exact) mass is 222 g/mol. The van der Waals surface area contributed by atoms with E-state index in [1.54, 1.807) is 0 Å². The second-order valence-corrected chi connectivity index (χ2v) is 7.65. The molecule has 0 amide bonds. The summed E-state index contributed by atoms with van der Waals surface area (Å²) in [6, 6.07) is 0. The summed E-state index contributed by atoms with van der Waals surface area (Å²) in [5, 5.41) is 0. The summed E-state index contributed by atoms with van der Waals surface area (Å²) in [7, 11) is 0. The maximum absolute atomic E-state index is 2.48. The Labute approximate surface area is 102 Å². The third-order valence-corrected chi connectivity index (χ3v) is 5.10. The molecule has 2 saturated carbocycles. The van der Waals surface area contributed by atoms with Gasteiger partial charge in [-0.05, 0) is 54.8 Å². The van der Waals surface area contributed by atoms with Crippen LogP contribution in [0.2, 0.25) is 0 Å². The van der Waals surface area contributed by atoms with Crippen molar-refractivity contribution < 1.29 is 0 Å². The molecule has 0 radical (unpaired) electrons. The molecule has 2 rings (SSSR count). The first-order valence-electron chi connectivity index (χ1n) is 7.48. The van der Waals surface area contributed by atoms with Crippen molar-refractivity contribution in [1.29, 1.82) is 0 Å². The molecular weight excluding hydrogens is 192 g/mol. The highest BCUT2D eigenvalue weighted by Gasteiger charge is 2.40. The zero-order valence-electron chi connectivity index (χ0n) is 11.8. The number of rotatable bonds is 2. The van der Waals surface area contributed by atoms with Crippen LogP contribution in [0, 0.1) is 29.1 Å². The molecule has 0 aliphatic heterocycles. The Balaban J connectivity index is 1.99. The maximum Gasteiger partial charge on any atom is -0.0351 e. The lowest BCUT2D eigenvalue weighted by molar-refractivity contribution is 0.0340. The Morgan fingerprint density at radius 3 is 2.56 bits per heavy atom. The highest BCUT2D eigenvalue weighted by atomic mass is 14.5. The lowest BCUT2D eigenvalue weighted by Gasteiger charge is -2.47. The Hall–Kier alpha value is 0. The summed E-state index contributed by atoms with van der Waals surface area (Å²) >= 11 is 0. The summed E-state index contributed by atoms with van der Waals surface area (Å²) < 4.78 is 0. The van der Waals surface area contributed by atoms with E-state index in [0.717, 1.165) is 23.7 Å². The lowest BCUT2D eigenvalue weighted by Crippen LogP contribution is -2.37. The van der Waals surface area contributed by atoms with E-state index in [1.165, 1.54) is 44.9 Å². The second-order valence-electron chi connectivity index (χ2n) is 7.65. The Bertz CT molecular complexity index is 220. The smallest absolute Gasteiger partial charge is 0.0351 e. The first-order chi connectivity index (χ1) is 7.48. The van der Waals surface area contributed by atoms with E-state index < -0.39 is 0 Å². The largest absolute Gasteiger partial charge is 0.0628 e. The van der Waals surface area contributed by atoms with Crippen molar-refractivity contribution in [2.75, 3.05) is 0 Å². The molecule has 2 aliphatic rings. The van der Waals surface area contributed by atoms with Crippen LogP contribution in [0.25, 0.3) is 0 Å². The van der Waals surface area contributed by atoms with Crippen molar-refractivity contribution in [3.05, 3.63) is 0 Å². The van der Waals surface area contributed by atoms with Gasteiger partial charge in [-0.15, -0.1) is 0 Å². The summed E-state index contributed by atoms with van der Waals surface area (Å²) in [5.41, 5.74) is 0.640. The molecule has 0 saturated heterocycles. The van der Waals surface area contributed by atoms with Crippen molar-refractivity contribution in [3.8, 4) is 0 Å². The van der Waals surface area contributed by atoms with Gasteiger partial charge in [-0.1, -0.05) is 47.0 Å². The van der Waals surface area contributed by atoms with Gasteiger partial charge in [-0.2, -0.15) is 0 Å². The summed E-state index contributed by atoms with van der Waals surface area (Å²) in [5.74, 6) is 4.12. The minimum Gasteiger partial charge on any atom is -0.0628 e. The fourth-order valence-corrected chi connectivity index (χ4v) is 4.45. The molecule has 2 fully saturated rings. The Morgan fingerprint density at radius 1 is 1.12 bits per heavy atom. The molecule has 0 nitrogen and oxygen atoms in total. The van der Waals surface area contributed by atoms with Crippen LogP contribution in [0.5, 0.6) is 0 Å². The molecule has 0 spiro atoms. The van der Waals surface area contributed by atoms with Crippen LogP contribution < -0.4 is 0 Å². The van der Waals surface area contributed by atoms with Gasteiger partial charge in [0, 0.05) is 0 Å². The van der Waals surface area contributed by atoms with E-state index >= 15 is 0 Å². The van der Waals surface area contributed by atoms with E-state index in [0.29, 0.717) is 5.41 Å². The average molecular weight is 222 g/mol. The van der Waals surface area contributed by atoms with Crippen LogP contribution in [-0.4, -0.2) is 0 Å². The number of hydrogen-bond donors (Lipinski definition) is 0. The quantitative estimate of drug-likeness (QED) is 0.596. The van der Waals surface area contributed by atoms with E-state index in [-0.39, 0.29) is 0 Å². The predicted molar refractivity (Wildman–Crippen MR) is 71.4 cm³/mol. The van der Waals surface area contributed by atoms with Gasteiger partial charge in [0.2, 0.25) is 0 Å². The molecule has 0 N–H and O–H groups in total. The lowest BCUT2D eigenvalue weighted by atomic mass is 9.58. The molecule has 3 unspecified atom stereocenters. The SMILES string of the molecule is CC(C)CC1CCCC2CC(C)(C)CCC12. The molecule has 3 atom stereocenters. The van der Waals surface area contributed by atoms with Crippen LogP contribution in [0.4, 0.5) is 0 Å². The van der Waals surface area contributed by atoms with Gasteiger partial charge < -0.3 is 0 Å². The average Bonchev–Trinajstić information content (AvgIpc) is 2.15. The van der Waals surface area contributed by atoms with Crippen molar-refractivity contribution in [2.45, 2.75) is 72.6 Å². The third-order valence-electron chi connectivity index (χ3n) is 5.10. The molecule has 0 aromatic rings. The van der Waals surface area contributed by atoms with Crippen LogP contribution in [0.1, 0.15) is 72.6 Å². The number of fused-ring (bicyclic) bond motifs is 1. The van der Waals surface area contributed by atoms with Crippen LogP contribution in [-0.2, 0) is 0 Å². The molecule has 2 aliphatic carbocycles.